The van der Waals surface area contributed by atoms with Gasteiger partial charge in [0.1, 0.15) is 5.75 Å². The van der Waals surface area contributed by atoms with Crippen LogP contribution in [0.25, 0.3) is 0 Å². The molecular formula is C16H27N3O2. The quantitative estimate of drug-likeness (QED) is 0.637. The summed E-state index contributed by atoms with van der Waals surface area (Å²) in [6.45, 7) is 3.30. The molecule has 0 aliphatic rings. The van der Waals surface area contributed by atoms with Crippen molar-refractivity contribution in [2.45, 2.75) is 19.4 Å². The first kappa shape index (κ1) is 17.5. The maximum atomic E-state index is 11.7. The van der Waals surface area contributed by atoms with E-state index in [-0.39, 0.29) is 5.91 Å². The number of hydrogen-bond donors (Lipinski definition) is 2. The van der Waals surface area contributed by atoms with Crippen LogP contribution in [-0.2, 0) is 11.3 Å². The average Bonchev–Trinajstić information content (AvgIpc) is 2.49. The molecule has 0 atom stereocenters. The SMILES string of the molecule is COc1ccc(CNC(=O)CCNCCCN(C)C)cc1. The van der Waals surface area contributed by atoms with E-state index in [0.29, 0.717) is 13.0 Å². The molecule has 2 N–H and O–H groups in total. The van der Waals surface area contributed by atoms with Crippen molar-refractivity contribution < 1.29 is 9.53 Å². The van der Waals surface area contributed by atoms with Gasteiger partial charge in [0.15, 0.2) is 0 Å². The first-order valence-electron chi connectivity index (χ1n) is 7.37. The van der Waals surface area contributed by atoms with E-state index in [1.165, 1.54) is 0 Å². The predicted molar refractivity (Wildman–Crippen MR) is 85.5 cm³/mol. The Kier molecular flexibility index (Phi) is 8.47. The average molecular weight is 293 g/mol. The highest BCUT2D eigenvalue weighted by Gasteiger charge is 2.01. The highest BCUT2D eigenvalue weighted by molar-refractivity contribution is 5.76. The molecule has 0 spiro atoms. The molecule has 0 heterocycles. The van der Waals surface area contributed by atoms with Crippen molar-refractivity contribution in [3.05, 3.63) is 29.8 Å². The third-order valence-corrected chi connectivity index (χ3v) is 3.14. The number of ether oxygens (including phenoxy) is 1. The van der Waals surface area contributed by atoms with Crippen LogP contribution in [0.5, 0.6) is 5.75 Å². The van der Waals surface area contributed by atoms with Crippen LogP contribution in [0.1, 0.15) is 18.4 Å². The Labute approximate surface area is 127 Å². The van der Waals surface area contributed by atoms with Gasteiger partial charge in [0, 0.05) is 19.5 Å². The van der Waals surface area contributed by atoms with Crippen molar-refractivity contribution in [1.82, 2.24) is 15.5 Å². The van der Waals surface area contributed by atoms with Gasteiger partial charge in [0.05, 0.1) is 7.11 Å². The summed E-state index contributed by atoms with van der Waals surface area (Å²) in [7, 11) is 5.77. The molecule has 1 rings (SSSR count). The lowest BCUT2D eigenvalue weighted by atomic mass is 10.2. The summed E-state index contributed by atoms with van der Waals surface area (Å²) in [5.74, 6) is 0.901. The normalized spacial score (nSPS) is 10.7. The number of methoxy groups -OCH3 is 1. The smallest absolute Gasteiger partial charge is 0.221 e. The molecule has 1 amide bonds. The van der Waals surface area contributed by atoms with E-state index >= 15 is 0 Å². The summed E-state index contributed by atoms with van der Waals surface area (Å²) < 4.78 is 5.10. The zero-order valence-corrected chi connectivity index (χ0v) is 13.3. The summed E-state index contributed by atoms with van der Waals surface area (Å²) in [5, 5.41) is 6.20. The Hall–Kier alpha value is -1.59. The summed E-state index contributed by atoms with van der Waals surface area (Å²) in [6, 6.07) is 7.71. The van der Waals surface area contributed by atoms with Gasteiger partial charge in [-0.1, -0.05) is 12.1 Å². The van der Waals surface area contributed by atoms with Gasteiger partial charge in [0.2, 0.25) is 5.91 Å². The molecule has 1 aromatic rings. The Morgan fingerprint density at radius 3 is 2.52 bits per heavy atom. The lowest BCUT2D eigenvalue weighted by Gasteiger charge is -2.10. The van der Waals surface area contributed by atoms with Gasteiger partial charge < -0.3 is 20.3 Å². The lowest BCUT2D eigenvalue weighted by molar-refractivity contribution is -0.121. The molecular weight excluding hydrogens is 266 g/mol. The van der Waals surface area contributed by atoms with Crippen molar-refractivity contribution in [2.24, 2.45) is 0 Å². The molecule has 1 aromatic carbocycles. The molecule has 0 saturated carbocycles. The fraction of sp³-hybridized carbons (Fsp3) is 0.562. The molecule has 0 bridgehead atoms. The number of nitrogens with one attached hydrogen (secondary N) is 2. The number of rotatable bonds is 10. The molecule has 0 fully saturated rings. The van der Waals surface area contributed by atoms with Crippen LogP contribution in [0.2, 0.25) is 0 Å². The van der Waals surface area contributed by atoms with Gasteiger partial charge >= 0.3 is 0 Å². The van der Waals surface area contributed by atoms with E-state index < -0.39 is 0 Å². The molecule has 0 aliphatic heterocycles. The monoisotopic (exact) mass is 293 g/mol. The fourth-order valence-corrected chi connectivity index (χ4v) is 1.88. The minimum atomic E-state index is 0.0749. The highest BCUT2D eigenvalue weighted by atomic mass is 16.5. The molecule has 0 unspecified atom stereocenters. The van der Waals surface area contributed by atoms with Gasteiger partial charge in [-0.05, 0) is 51.3 Å². The van der Waals surface area contributed by atoms with Crippen LogP contribution < -0.4 is 15.4 Å². The minimum absolute atomic E-state index is 0.0749. The van der Waals surface area contributed by atoms with E-state index in [2.05, 4.69) is 29.6 Å². The topological polar surface area (TPSA) is 53.6 Å². The van der Waals surface area contributed by atoms with E-state index in [0.717, 1.165) is 37.4 Å². The number of benzene rings is 1. The Bertz CT molecular complexity index is 404. The van der Waals surface area contributed by atoms with Crippen LogP contribution in [0, 0.1) is 0 Å². The third kappa shape index (κ3) is 8.32. The molecule has 0 aromatic heterocycles. The number of nitrogens with zero attached hydrogens (tertiary/aromatic N) is 1. The van der Waals surface area contributed by atoms with Crippen LogP contribution in [0.3, 0.4) is 0 Å². The van der Waals surface area contributed by atoms with Gasteiger partial charge in [0.25, 0.3) is 0 Å². The third-order valence-electron chi connectivity index (χ3n) is 3.14. The van der Waals surface area contributed by atoms with Crippen LogP contribution >= 0.6 is 0 Å². The maximum absolute atomic E-state index is 11.7. The van der Waals surface area contributed by atoms with Crippen molar-refractivity contribution in [3.63, 3.8) is 0 Å². The van der Waals surface area contributed by atoms with E-state index in [9.17, 15) is 4.79 Å². The van der Waals surface area contributed by atoms with Gasteiger partial charge in [-0.25, -0.2) is 0 Å². The van der Waals surface area contributed by atoms with Gasteiger partial charge in [-0.2, -0.15) is 0 Å². The second-order valence-corrected chi connectivity index (χ2v) is 5.28. The van der Waals surface area contributed by atoms with Crippen LogP contribution in [-0.4, -0.2) is 51.6 Å². The molecule has 5 heteroatoms. The summed E-state index contributed by atoms with van der Waals surface area (Å²) in [5.41, 5.74) is 1.07. The lowest BCUT2D eigenvalue weighted by Crippen LogP contribution is -2.28. The van der Waals surface area contributed by atoms with Crippen LogP contribution in [0.4, 0.5) is 0 Å². The number of carbonyl (C=O) groups is 1. The maximum Gasteiger partial charge on any atom is 0.221 e. The Morgan fingerprint density at radius 1 is 1.19 bits per heavy atom. The summed E-state index contributed by atoms with van der Waals surface area (Å²) >= 11 is 0. The first-order valence-corrected chi connectivity index (χ1v) is 7.37. The molecule has 0 aliphatic carbocycles. The predicted octanol–water partition coefficient (Wildman–Crippen LogP) is 1.24. The Balaban J connectivity index is 2.08. The minimum Gasteiger partial charge on any atom is -0.497 e. The van der Waals surface area contributed by atoms with Crippen molar-refractivity contribution in [2.75, 3.05) is 40.8 Å². The number of carbonyl (C=O) groups excluding carboxylic acids is 1. The van der Waals surface area contributed by atoms with Gasteiger partial charge in [-0.15, -0.1) is 0 Å². The number of amides is 1. The molecule has 5 nitrogen and oxygen atoms in total. The zero-order valence-electron chi connectivity index (χ0n) is 13.3. The Morgan fingerprint density at radius 2 is 1.90 bits per heavy atom. The second kappa shape index (κ2) is 10.2. The van der Waals surface area contributed by atoms with Crippen molar-refractivity contribution in [1.29, 1.82) is 0 Å². The molecule has 0 radical (unpaired) electrons. The van der Waals surface area contributed by atoms with Gasteiger partial charge in [-0.3, -0.25) is 4.79 Å². The molecule has 21 heavy (non-hydrogen) atoms. The fourth-order valence-electron chi connectivity index (χ4n) is 1.88. The zero-order chi connectivity index (χ0) is 15.5. The highest BCUT2D eigenvalue weighted by Crippen LogP contribution is 2.10. The summed E-state index contributed by atoms with van der Waals surface area (Å²) in [4.78, 5) is 13.9. The van der Waals surface area contributed by atoms with E-state index in [1.807, 2.05) is 24.3 Å². The van der Waals surface area contributed by atoms with Crippen molar-refractivity contribution in [3.8, 4) is 5.75 Å². The van der Waals surface area contributed by atoms with Crippen LogP contribution in [0.15, 0.2) is 24.3 Å². The first-order chi connectivity index (χ1) is 10.1. The molecule has 118 valence electrons. The number of hydrogen-bond acceptors (Lipinski definition) is 4. The molecule has 0 saturated heterocycles. The van der Waals surface area contributed by atoms with E-state index in [1.54, 1.807) is 7.11 Å². The van der Waals surface area contributed by atoms with E-state index in [4.69, 9.17) is 4.74 Å². The van der Waals surface area contributed by atoms with Crippen molar-refractivity contribution >= 4 is 5.91 Å². The standard InChI is InChI=1S/C16H27N3O2/c1-19(2)12-4-10-17-11-9-16(20)18-13-14-5-7-15(21-3)8-6-14/h5-8,17H,4,9-13H2,1-3H3,(H,18,20). The summed E-state index contributed by atoms with van der Waals surface area (Å²) in [6.07, 6.45) is 1.61. The second-order valence-electron chi connectivity index (χ2n) is 5.28. The largest absolute Gasteiger partial charge is 0.497 e.